The number of aliphatic hydroxyl groups is 1. The Kier molecular flexibility index (Phi) is 6.43. The summed E-state index contributed by atoms with van der Waals surface area (Å²) in [4.78, 5) is 0. The van der Waals surface area contributed by atoms with E-state index in [-0.39, 0.29) is 11.6 Å². The van der Waals surface area contributed by atoms with Gasteiger partial charge in [-0.15, -0.1) is 0 Å². The Morgan fingerprint density at radius 3 is 2.74 bits per heavy atom. The highest BCUT2D eigenvalue weighted by Gasteiger charge is 2.22. The number of methoxy groups -OCH3 is 1. The van der Waals surface area contributed by atoms with Gasteiger partial charge in [0.2, 0.25) is 0 Å². The summed E-state index contributed by atoms with van der Waals surface area (Å²) in [5, 5.41) is 15.3. The maximum Gasteiger partial charge on any atom is 0.260 e. The lowest BCUT2D eigenvalue weighted by Gasteiger charge is -2.05. The van der Waals surface area contributed by atoms with Crippen LogP contribution in [-0.2, 0) is 21.4 Å². The molecule has 1 heterocycles. The van der Waals surface area contributed by atoms with Gasteiger partial charge >= 0.3 is 0 Å². The molecule has 1 aromatic heterocycles. The number of nitrogens with zero attached hydrogens (tertiary/aromatic N) is 1. The zero-order valence-electron chi connectivity index (χ0n) is 11.3. The molecule has 0 unspecified atom stereocenters. The lowest BCUT2D eigenvalue weighted by molar-refractivity contribution is 0.192. The van der Waals surface area contributed by atoms with Crippen LogP contribution in [0.1, 0.15) is 30.5 Å². The van der Waals surface area contributed by atoms with Crippen LogP contribution < -0.4 is 4.72 Å². The van der Waals surface area contributed by atoms with Crippen LogP contribution in [0, 0.1) is 6.92 Å². The maximum atomic E-state index is 12.0. The molecule has 3 N–H and O–H groups in total. The van der Waals surface area contributed by atoms with Crippen molar-refractivity contribution >= 4 is 10.0 Å². The smallest absolute Gasteiger partial charge is 0.260 e. The first-order valence-corrected chi connectivity index (χ1v) is 7.64. The molecule has 0 aliphatic heterocycles. The number of nitrogens with one attached hydrogen (secondary N) is 2. The number of aryl methyl sites for hydroxylation is 1. The van der Waals surface area contributed by atoms with Crippen LogP contribution >= 0.6 is 0 Å². The van der Waals surface area contributed by atoms with E-state index in [2.05, 4.69) is 14.9 Å². The van der Waals surface area contributed by atoms with Crippen molar-refractivity contribution in [1.29, 1.82) is 0 Å². The third kappa shape index (κ3) is 4.57. The van der Waals surface area contributed by atoms with Gasteiger partial charge < -0.3 is 9.84 Å². The van der Waals surface area contributed by atoms with Crippen LogP contribution in [0.5, 0.6) is 0 Å². The summed E-state index contributed by atoms with van der Waals surface area (Å²) in [6.07, 6.45) is 2.53. The lowest BCUT2D eigenvalue weighted by atomic mass is 10.2. The number of aromatic amines is 1. The molecule has 8 heteroatoms. The predicted octanol–water partition coefficient (Wildman–Crippen LogP) is 0.305. The van der Waals surface area contributed by atoms with Crippen molar-refractivity contribution in [2.75, 3.05) is 20.3 Å². The molecule has 0 amide bonds. The van der Waals surface area contributed by atoms with E-state index in [9.17, 15) is 8.42 Å². The molecule has 0 saturated heterocycles. The van der Waals surface area contributed by atoms with Gasteiger partial charge in [0.05, 0.1) is 6.61 Å². The minimum absolute atomic E-state index is 0.121. The van der Waals surface area contributed by atoms with Gasteiger partial charge in [-0.2, -0.15) is 5.10 Å². The molecule has 0 bridgehead atoms. The van der Waals surface area contributed by atoms with Crippen molar-refractivity contribution in [3.63, 3.8) is 0 Å². The third-order valence-corrected chi connectivity index (χ3v) is 4.20. The highest BCUT2D eigenvalue weighted by molar-refractivity contribution is 7.89. The van der Waals surface area contributed by atoms with Crippen LogP contribution in [0.2, 0.25) is 0 Å². The van der Waals surface area contributed by atoms with Gasteiger partial charge in [0.15, 0.2) is 5.03 Å². The van der Waals surface area contributed by atoms with E-state index in [0.717, 1.165) is 19.3 Å². The van der Waals surface area contributed by atoms with E-state index in [1.807, 2.05) is 0 Å². The van der Waals surface area contributed by atoms with E-state index in [0.29, 0.717) is 24.4 Å². The van der Waals surface area contributed by atoms with Crippen LogP contribution in [0.4, 0.5) is 0 Å². The number of aliphatic hydroxyl groups excluding tert-OH is 1. The molecule has 1 rings (SSSR count). The van der Waals surface area contributed by atoms with Crippen LogP contribution in [0.3, 0.4) is 0 Å². The van der Waals surface area contributed by atoms with Crippen molar-refractivity contribution in [1.82, 2.24) is 14.9 Å². The Morgan fingerprint density at radius 1 is 1.37 bits per heavy atom. The molecule has 19 heavy (non-hydrogen) atoms. The third-order valence-electron chi connectivity index (χ3n) is 2.77. The average Bonchev–Trinajstić information content (AvgIpc) is 2.75. The molecule has 0 fully saturated rings. The molecular formula is C11H21N3O4S. The lowest BCUT2D eigenvalue weighted by Crippen LogP contribution is -2.26. The maximum absolute atomic E-state index is 12.0. The van der Waals surface area contributed by atoms with Gasteiger partial charge in [0.25, 0.3) is 10.0 Å². The van der Waals surface area contributed by atoms with Crippen LogP contribution in [0.15, 0.2) is 5.03 Å². The summed E-state index contributed by atoms with van der Waals surface area (Å²) < 4.78 is 31.4. The largest absolute Gasteiger partial charge is 0.392 e. The SMILES string of the molecule is COCCCCCNS(=O)(=O)c1n[nH]c(C)c1CO. The van der Waals surface area contributed by atoms with Crippen LogP contribution in [-0.4, -0.2) is 44.0 Å². The summed E-state index contributed by atoms with van der Waals surface area (Å²) in [5.41, 5.74) is 0.870. The van der Waals surface area contributed by atoms with Crippen molar-refractivity contribution in [3.05, 3.63) is 11.3 Å². The van der Waals surface area contributed by atoms with E-state index in [1.165, 1.54) is 0 Å². The van der Waals surface area contributed by atoms with Gasteiger partial charge in [-0.1, -0.05) is 0 Å². The topological polar surface area (TPSA) is 104 Å². The fourth-order valence-corrected chi connectivity index (χ4v) is 2.92. The number of unbranched alkanes of at least 4 members (excludes halogenated alkanes) is 2. The van der Waals surface area contributed by atoms with E-state index in [1.54, 1.807) is 14.0 Å². The molecule has 7 nitrogen and oxygen atoms in total. The molecule has 1 aromatic rings. The predicted molar refractivity (Wildman–Crippen MR) is 70.2 cm³/mol. The summed E-state index contributed by atoms with van der Waals surface area (Å²) >= 11 is 0. The average molecular weight is 291 g/mol. The van der Waals surface area contributed by atoms with Crippen molar-refractivity contribution < 1.29 is 18.3 Å². The van der Waals surface area contributed by atoms with Crippen molar-refractivity contribution in [2.45, 2.75) is 37.8 Å². The second kappa shape index (κ2) is 7.59. The van der Waals surface area contributed by atoms with Gasteiger partial charge in [-0.3, -0.25) is 5.10 Å². The fourth-order valence-electron chi connectivity index (χ4n) is 1.66. The Morgan fingerprint density at radius 2 is 2.11 bits per heavy atom. The monoisotopic (exact) mass is 291 g/mol. The molecule has 0 atom stereocenters. The van der Waals surface area contributed by atoms with Gasteiger partial charge in [0, 0.05) is 31.5 Å². The normalized spacial score (nSPS) is 11.9. The molecule has 0 aliphatic carbocycles. The summed E-state index contributed by atoms with van der Waals surface area (Å²) in [5.74, 6) is 0. The van der Waals surface area contributed by atoms with Gasteiger partial charge in [0.1, 0.15) is 0 Å². The molecule has 0 radical (unpaired) electrons. The highest BCUT2D eigenvalue weighted by Crippen LogP contribution is 2.15. The zero-order chi connectivity index (χ0) is 14.3. The molecule has 0 aromatic carbocycles. The highest BCUT2D eigenvalue weighted by atomic mass is 32.2. The molecule has 0 spiro atoms. The number of hydrogen-bond acceptors (Lipinski definition) is 5. The van der Waals surface area contributed by atoms with Crippen LogP contribution in [0.25, 0.3) is 0 Å². The van der Waals surface area contributed by atoms with E-state index in [4.69, 9.17) is 9.84 Å². The minimum atomic E-state index is -3.66. The minimum Gasteiger partial charge on any atom is -0.392 e. The molecular weight excluding hydrogens is 270 g/mol. The Balaban J connectivity index is 2.52. The Hall–Kier alpha value is -0.960. The first kappa shape index (κ1) is 16.1. The van der Waals surface area contributed by atoms with Gasteiger partial charge in [-0.05, 0) is 26.2 Å². The summed E-state index contributed by atoms with van der Waals surface area (Å²) in [6, 6.07) is 0. The number of ether oxygens (including phenoxy) is 1. The second-order valence-corrected chi connectivity index (χ2v) is 5.92. The van der Waals surface area contributed by atoms with Gasteiger partial charge in [-0.25, -0.2) is 13.1 Å². The number of H-pyrrole nitrogens is 1. The molecule has 0 saturated carbocycles. The number of sulfonamides is 1. The quantitative estimate of drug-likeness (QED) is 0.568. The van der Waals surface area contributed by atoms with Crippen molar-refractivity contribution in [2.24, 2.45) is 0 Å². The first-order valence-electron chi connectivity index (χ1n) is 6.16. The van der Waals surface area contributed by atoms with Crippen molar-refractivity contribution in [3.8, 4) is 0 Å². The fraction of sp³-hybridized carbons (Fsp3) is 0.727. The number of hydrogen-bond donors (Lipinski definition) is 3. The van der Waals surface area contributed by atoms with E-state index >= 15 is 0 Å². The second-order valence-electron chi connectivity index (χ2n) is 4.24. The standard InChI is InChI=1S/C11H21N3O4S/c1-9-10(8-15)11(14-13-9)19(16,17)12-6-4-3-5-7-18-2/h12,15H,3-8H2,1-2H3,(H,13,14). The summed E-state index contributed by atoms with van der Waals surface area (Å²) in [7, 11) is -2.02. The Bertz CT molecular complexity index is 484. The number of rotatable bonds is 9. The number of aromatic nitrogens is 2. The first-order chi connectivity index (χ1) is 9.03. The molecule has 110 valence electrons. The molecule has 0 aliphatic rings. The zero-order valence-corrected chi connectivity index (χ0v) is 12.1. The Labute approximate surface area is 113 Å². The summed E-state index contributed by atoms with van der Waals surface area (Å²) in [6.45, 7) is 2.34. The van der Waals surface area contributed by atoms with E-state index < -0.39 is 10.0 Å².